The molecule has 1 atom stereocenters. The van der Waals surface area contributed by atoms with Crippen molar-refractivity contribution in [3.05, 3.63) is 60.8 Å². The number of unbranched alkanes of at least 4 members (excludes halogenated alkanes) is 24. The number of ether oxygens (including phenoxy) is 3. The fraction of sp³-hybridized carbons (Fsp3) is 0.759. The van der Waals surface area contributed by atoms with Gasteiger partial charge in [-0.2, -0.15) is 0 Å². The SMILES string of the molecule is CC/C=C\C/C=C\C/C=C\C/C=C\CCCCCCCCCCCCC(=O)OCC(COC(=O)CCCCCCCCC)OC(=O)CCCCCCC/C=C\CCCCC. The molecule has 0 N–H and O–H groups in total. The van der Waals surface area contributed by atoms with Crippen LogP contribution in [0, 0.1) is 0 Å². The summed E-state index contributed by atoms with van der Waals surface area (Å²) in [6, 6.07) is 0. The Balaban J connectivity index is 4.19. The van der Waals surface area contributed by atoms with Crippen LogP contribution in [0.2, 0.25) is 0 Å². The third-order valence-corrected chi connectivity index (χ3v) is 10.8. The van der Waals surface area contributed by atoms with E-state index in [1.807, 2.05) is 0 Å². The molecule has 6 heteroatoms. The highest BCUT2D eigenvalue weighted by molar-refractivity contribution is 5.71. The molecule has 0 aromatic rings. The number of esters is 3. The van der Waals surface area contributed by atoms with Crippen LogP contribution in [0.15, 0.2) is 60.8 Å². The largest absolute Gasteiger partial charge is 0.462 e. The van der Waals surface area contributed by atoms with Crippen molar-refractivity contribution in [2.75, 3.05) is 13.2 Å². The van der Waals surface area contributed by atoms with Gasteiger partial charge in [0.1, 0.15) is 13.2 Å². The summed E-state index contributed by atoms with van der Waals surface area (Å²) in [4.78, 5) is 37.7. The van der Waals surface area contributed by atoms with Gasteiger partial charge in [-0.05, 0) is 83.5 Å². The number of carbonyl (C=O) groups is 3. The van der Waals surface area contributed by atoms with Crippen LogP contribution in [0.4, 0.5) is 0 Å². The van der Waals surface area contributed by atoms with Gasteiger partial charge in [0.05, 0.1) is 0 Å². The van der Waals surface area contributed by atoms with E-state index in [1.54, 1.807) is 0 Å². The van der Waals surface area contributed by atoms with E-state index in [-0.39, 0.29) is 31.1 Å². The minimum atomic E-state index is -0.775. The van der Waals surface area contributed by atoms with Crippen LogP contribution in [0.1, 0.15) is 245 Å². The summed E-state index contributed by atoms with van der Waals surface area (Å²) in [5.41, 5.74) is 0. The summed E-state index contributed by atoms with van der Waals surface area (Å²) in [7, 11) is 0. The van der Waals surface area contributed by atoms with Gasteiger partial charge < -0.3 is 14.2 Å². The highest BCUT2D eigenvalue weighted by atomic mass is 16.6. The zero-order valence-electron chi connectivity index (χ0n) is 39.5. The summed E-state index contributed by atoms with van der Waals surface area (Å²) in [5, 5.41) is 0. The highest BCUT2D eigenvalue weighted by Gasteiger charge is 2.19. The Hall–Kier alpha value is -2.89. The third-order valence-electron chi connectivity index (χ3n) is 10.8. The molecule has 0 aliphatic rings. The molecular weight excluding hydrogens is 745 g/mol. The van der Waals surface area contributed by atoms with Crippen LogP contribution in [-0.2, 0) is 28.6 Å². The minimum Gasteiger partial charge on any atom is -0.462 e. The van der Waals surface area contributed by atoms with Gasteiger partial charge in [-0.1, -0.05) is 204 Å². The summed E-state index contributed by atoms with van der Waals surface area (Å²) < 4.78 is 16.7. The molecule has 0 saturated carbocycles. The van der Waals surface area contributed by atoms with E-state index in [4.69, 9.17) is 14.2 Å². The second-order valence-electron chi connectivity index (χ2n) is 16.7. The van der Waals surface area contributed by atoms with Crippen molar-refractivity contribution in [3.63, 3.8) is 0 Å². The molecular formula is C54H94O6. The van der Waals surface area contributed by atoms with Crippen molar-refractivity contribution in [3.8, 4) is 0 Å². The molecule has 0 aromatic carbocycles. The van der Waals surface area contributed by atoms with E-state index < -0.39 is 6.10 Å². The summed E-state index contributed by atoms with van der Waals surface area (Å²) in [6.07, 6.45) is 59.4. The molecule has 0 spiro atoms. The smallest absolute Gasteiger partial charge is 0.306 e. The van der Waals surface area contributed by atoms with Gasteiger partial charge >= 0.3 is 17.9 Å². The van der Waals surface area contributed by atoms with Gasteiger partial charge in [0, 0.05) is 19.3 Å². The molecule has 0 rings (SSSR count). The first kappa shape index (κ1) is 57.1. The number of rotatable bonds is 45. The monoisotopic (exact) mass is 839 g/mol. The lowest BCUT2D eigenvalue weighted by Crippen LogP contribution is -2.30. The summed E-state index contributed by atoms with van der Waals surface area (Å²) >= 11 is 0. The number of carbonyl (C=O) groups excluding carboxylic acids is 3. The Morgan fingerprint density at radius 2 is 0.650 bits per heavy atom. The predicted octanol–water partition coefficient (Wildman–Crippen LogP) is 16.5. The molecule has 1 unspecified atom stereocenters. The standard InChI is InChI=1S/C54H94O6/c1-4-7-10-13-16-18-20-22-23-24-25-26-27-28-29-30-31-32-34-35-38-41-44-47-53(56)59-50-51(49-58-52(55)46-43-40-37-15-12-9-6-3)60-54(57)48-45-42-39-36-33-21-19-17-14-11-8-5-2/h7,10,16-19,22-23,25-26,51H,4-6,8-9,11-15,20-21,24,27-50H2,1-3H3/b10-7-,18-16-,19-17-,23-22-,26-25-. The summed E-state index contributed by atoms with van der Waals surface area (Å²) in [6.45, 7) is 6.45. The van der Waals surface area contributed by atoms with Crippen LogP contribution in [0.3, 0.4) is 0 Å². The van der Waals surface area contributed by atoms with E-state index in [9.17, 15) is 14.4 Å². The van der Waals surface area contributed by atoms with Crippen molar-refractivity contribution in [1.82, 2.24) is 0 Å². The van der Waals surface area contributed by atoms with Crippen LogP contribution in [0.25, 0.3) is 0 Å². The van der Waals surface area contributed by atoms with Gasteiger partial charge in [0.2, 0.25) is 0 Å². The molecule has 0 saturated heterocycles. The second-order valence-corrected chi connectivity index (χ2v) is 16.7. The van der Waals surface area contributed by atoms with Crippen LogP contribution < -0.4 is 0 Å². The molecule has 0 aliphatic carbocycles. The second kappa shape index (κ2) is 48.8. The maximum Gasteiger partial charge on any atom is 0.306 e. The van der Waals surface area contributed by atoms with E-state index in [2.05, 4.69) is 81.5 Å². The molecule has 346 valence electrons. The summed E-state index contributed by atoms with van der Waals surface area (Å²) in [5.74, 6) is -0.896. The van der Waals surface area contributed by atoms with Crippen LogP contribution >= 0.6 is 0 Å². The Labute approximate surface area is 370 Å². The molecule has 60 heavy (non-hydrogen) atoms. The maximum atomic E-state index is 12.7. The average molecular weight is 839 g/mol. The lowest BCUT2D eigenvalue weighted by Gasteiger charge is -2.18. The Morgan fingerprint density at radius 3 is 1.07 bits per heavy atom. The number of allylic oxidation sites excluding steroid dienone is 10. The Kier molecular flexibility index (Phi) is 46.4. The zero-order chi connectivity index (χ0) is 43.7. The quantitative estimate of drug-likeness (QED) is 0.0263. The average Bonchev–Trinajstić information content (AvgIpc) is 3.24. The Bertz CT molecular complexity index is 1100. The molecule has 0 aliphatic heterocycles. The van der Waals surface area contributed by atoms with E-state index >= 15 is 0 Å². The van der Waals surface area contributed by atoms with Gasteiger partial charge in [0.25, 0.3) is 0 Å². The first-order valence-electron chi connectivity index (χ1n) is 25.3. The molecule has 0 bridgehead atoms. The Morgan fingerprint density at radius 1 is 0.350 bits per heavy atom. The maximum absolute atomic E-state index is 12.7. The van der Waals surface area contributed by atoms with E-state index in [0.29, 0.717) is 19.3 Å². The number of hydrogen-bond donors (Lipinski definition) is 0. The lowest BCUT2D eigenvalue weighted by atomic mass is 10.1. The van der Waals surface area contributed by atoms with Gasteiger partial charge in [-0.25, -0.2) is 0 Å². The molecule has 0 fully saturated rings. The highest BCUT2D eigenvalue weighted by Crippen LogP contribution is 2.14. The normalized spacial score (nSPS) is 12.5. The first-order chi connectivity index (χ1) is 29.5. The molecule has 6 nitrogen and oxygen atoms in total. The topological polar surface area (TPSA) is 78.9 Å². The van der Waals surface area contributed by atoms with Crippen molar-refractivity contribution >= 4 is 17.9 Å². The van der Waals surface area contributed by atoms with Gasteiger partial charge in [-0.15, -0.1) is 0 Å². The van der Waals surface area contributed by atoms with Crippen LogP contribution in [0.5, 0.6) is 0 Å². The lowest BCUT2D eigenvalue weighted by molar-refractivity contribution is -0.167. The third kappa shape index (κ3) is 46.2. The molecule has 0 aromatic heterocycles. The molecule has 0 heterocycles. The van der Waals surface area contributed by atoms with Crippen molar-refractivity contribution in [1.29, 1.82) is 0 Å². The van der Waals surface area contributed by atoms with Gasteiger partial charge in [0.15, 0.2) is 6.10 Å². The first-order valence-corrected chi connectivity index (χ1v) is 25.3. The predicted molar refractivity (Wildman–Crippen MR) is 256 cm³/mol. The molecule has 0 amide bonds. The van der Waals surface area contributed by atoms with Crippen LogP contribution in [-0.4, -0.2) is 37.2 Å². The van der Waals surface area contributed by atoms with E-state index in [0.717, 1.165) is 96.3 Å². The molecule has 0 radical (unpaired) electrons. The fourth-order valence-electron chi connectivity index (χ4n) is 6.96. The number of hydrogen-bond acceptors (Lipinski definition) is 6. The van der Waals surface area contributed by atoms with Crippen molar-refractivity contribution in [2.24, 2.45) is 0 Å². The minimum absolute atomic E-state index is 0.0778. The fourth-order valence-corrected chi connectivity index (χ4v) is 6.96. The zero-order valence-corrected chi connectivity index (χ0v) is 39.5. The van der Waals surface area contributed by atoms with E-state index in [1.165, 1.54) is 109 Å². The van der Waals surface area contributed by atoms with Crippen molar-refractivity contribution < 1.29 is 28.6 Å². The van der Waals surface area contributed by atoms with Gasteiger partial charge in [-0.3, -0.25) is 14.4 Å². The van der Waals surface area contributed by atoms with Crippen molar-refractivity contribution in [2.45, 2.75) is 252 Å².